The van der Waals surface area contributed by atoms with Crippen LogP contribution in [0.3, 0.4) is 0 Å². The molecule has 0 saturated carbocycles. The van der Waals surface area contributed by atoms with Gasteiger partial charge in [0.05, 0.1) is 47.5 Å². The summed E-state index contributed by atoms with van der Waals surface area (Å²) in [4.78, 5) is 9.59. The first-order valence-corrected chi connectivity index (χ1v) is 15.9. The average Bonchev–Trinajstić information content (AvgIpc) is 3.71. The van der Waals surface area contributed by atoms with Crippen LogP contribution in [0, 0.1) is 0 Å². The molecule has 13 heteroatoms. The topological polar surface area (TPSA) is 129 Å². The Bertz CT molecular complexity index is 1880. The van der Waals surface area contributed by atoms with Gasteiger partial charge in [0.1, 0.15) is 0 Å². The molecule has 0 spiro atoms. The van der Waals surface area contributed by atoms with Crippen molar-refractivity contribution in [2.24, 2.45) is 14.1 Å². The van der Waals surface area contributed by atoms with Gasteiger partial charge in [-0.1, -0.05) is 24.3 Å². The molecular formula is C29H32N10O2S. The van der Waals surface area contributed by atoms with Gasteiger partial charge in [0, 0.05) is 62.5 Å². The van der Waals surface area contributed by atoms with Gasteiger partial charge < -0.3 is 5.32 Å². The molecule has 216 valence electrons. The minimum absolute atomic E-state index is 0.146. The van der Waals surface area contributed by atoms with Crippen molar-refractivity contribution in [2.75, 3.05) is 24.7 Å². The van der Waals surface area contributed by atoms with Gasteiger partial charge in [0.2, 0.25) is 16.0 Å². The van der Waals surface area contributed by atoms with Gasteiger partial charge >= 0.3 is 0 Å². The molecule has 42 heavy (non-hydrogen) atoms. The zero-order chi connectivity index (χ0) is 29.0. The van der Waals surface area contributed by atoms with E-state index in [4.69, 9.17) is 10.1 Å². The number of sulfonamides is 1. The minimum atomic E-state index is -3.16. The van der Waals surface area contributed by atoms with Crippen molar-refractivity contribution in [2.45, 2.75) is 31.7 Å². The van der Waals surface area contributed by atoms with Crippen LogP contribution in [0.2, 0.25) is 0 Å². The Balaban J connectivity index is 1.14. The van der Waals surface area contributed by atoms with Crippen molar-refractivity contribution in [1.82, 2.24) is 43.6 Å². The third-order valence-corrected chi connectivity index (χ3v) is 9.48. The molecule has 1 N–H and O–H groups in total. The third kappa shape index (κ3) is 4.88. The summed E-state index contributed by atoms with van der Waals surface area (Å²) in [5.41, 5.74) is 9.15. The van der Waals surface area contributed by atoms with Crippen LogP contribution in [-0.4, -0.2) is 71.4 Å². The quantitative estimate of drug-likeness (QED) is 0.321. The number of rotatable bonds is 6. The highest BCUT2D eigenvalue weighted by Crippen LogP contribution is 2.40. The van der Waals surface area contributed by atoms with E-state index in [9.17, 15) is 8.42 Å². The molecule has 1 aromatic carbocycles. The molecule has 2 aliphatic rings. The smallest absolute Gasteiger partial charge is 0.227 e. The van der Waals surface area contributed by atoms with Crippen LogP contribution < -0.4 is 5.32 Å². The molecule has 4 aromatic heterocycles. The predicted molar refractivity (Wildman–Crippen MR) is 159 cm³/mol. The second kappa shape index (κ2) is 10.2. The summed E-state index contributed by atoms with van der Waals surface area (Å²) in [6.45, 7) is 1.00. The number of aryl methyl sites for hydroxylation is 4. The van der Waals surface area contributed by atoms with Crippen LogP contribution in [0.15, 0.2) is 55.2 Å². The lowest BCUT2D eigenvalue weighted by molar-refractivity contribution is 0.262. The molecule has 1 aliphatic carbocycles. The highest BCUT2D eigenvalue weighted by atomic mass is 32.2. The Morgan fingerprint density at radius 3 is 2.38 bits per heavy atom. The van der Waals surface area contributed by atoms with Crippen molar-refractivity contribution in [1.29, 1.82) is 0 Å². The summed E-state index contributed by atoms with van der Waals surface area (Å²) >= 11 is 0. The van der Waals surface area contributed by atoms with E-state index in [1.165, 1.54) is 10.6 Å². The summed E-state index contributed by atoms with van der Waals surface area (Å²) in [5, 5.41) is 17.0. The molecule has 5 aromatic rings. The number of nitrogens with one attached hydrogen (secondary N) is 1. The standard InChI is InChI=1S/C29H32N10O2S/c1-36-17-22(15-31-36)19-4-6-20(7-5-19)28-26-25(35-37(28)2)9-8-21-14-30-29(34-27(21)26)33-23-16-32-39(18-23)24-10-12-38(13-11-24)42(3,40)41/h4-7,14-18,24H,8-13H2,1-3H3,(H,30,33,34). The number of hydrogen-bond acceptors (Lipinski definition) is 8. The summed E-state index contributed by atoms with van der Waals surface area (Å²) in [6, 6.07) is 8.63. The van der Waals surface area contributed by atoms with Gasteiger partial charge in [0.25, 0.3) is 0 Å². The number of piperidine rings is 1. The fourth-order valence-corrected chi connectivity index (χ4v) is 6.89. The Kier molecular flexibility index (Phi) is 6.43. The molecular weight excluding hydrogens is 552 g/mol. The van der Waals surface area contributed by atoms with Crippen LogP contribution in [0.5, 0.6) is 0 Å². The first-order chi connectivity index (χ1) is 20.2. The summed E-state index contributed by atoms with van der Waals surface area (Å²) in [6.07, 6.45) is 13.9. The monoisotopic (exact) mass is 584 g/mol. The van der Waals surface area contributed by atoms with E-state index in [2.05, 4.69) is 44.8 Å². The number of aromatic nitrogens is 8. The maximum Gasteiger partial charge on any atom is 0.227 e. The molecule has 0 radical (unpaired) electrons. The van der Waals surface area contributed by atoms with E-state index in [1.807, 2.05) is 48.2 Å². The minimum Gasteiger partial charge on any atom is -0.321 e. The van der Waals surface area contributed by atoms with Gasteiger partial charge in [-0.2, -0.15) is 15.3 Å². The molecule has 0 atom stereocenters. The molecule has 0 amide bonds. The first kappa shape index (κ1) is 26.5. The fraction of sp³-hybridized carbons (Fsp3) is 0.345. The number of fused-ring (bicyclic) bond motifs is 3. The molecule has 0 bridgehead atoms. The zero-order valence-electron chi connectivity index (χ0n) is 23.8. The van der Waals surface area contributed by atoms with E-state index in [0.717, 1.165) is 76.3 Å². The second-order valence-corrected chi connectivity index (χ2v) is 13.1. The molecule has 1 fully saturated rings. The summed E-state index contributed by atoms with van der Waals surface area (Å²) < 4.78 is 30.9. The van der Waals surface area contributed by atoms with Crippen molar-refractivity contribution < 1.29 is 8.42 Å². The Morgan fingerprint density at radius 1 is 0.905 bits per heavy atom. The third-order valence-electron chi connectivity index (χ3n) is 8.17. The van der Waals surface area contributed by atoms with E-state index < -0.39 is 10.0 Å². The molecule has 5 heterocycles. The van der Waals surface area contributed by atoms with Gasteiger partial charge in [-0.15, -0.1) is 0 Å². The van der Waals surface area contributed by atoms with Crippen LogP contribution in [0.1, 0.15) is 30.1 Å². The SMILES string of the molecule is Cn1cc(-c2ccc(-c3c4c(nn3C)CCc3cnc(Nc5cnn(C6CCN(S(C)(=O)=O)CC6)c5)nc3-4)cc2)cn1. The van der Waals surface area contributed by atoms with Crippen molar-refractivity contribution in [3.8, 4) is 33.6 Å². The Morgan fingerprint density at radius 2 is 1.67 bits per heavy atom. The zero-order valence-corrected chi connectivity index (χ0v) is 24.6. The average molecular weight is 585 g/mol. The number of hydrogen-bond donors (Lipinski definition) is 1. The lowest BCUT2D eigenvalue weighted by Crippen LogP contribution is -2.38. The maximum atomic E-state index is 11.9. The largest absolute Gasteiger partial charge is 0.321 e. The van der Waals surface area contributed by atoms with Gasteiger partial charge in [-0.25, -0.2) is 22.7 Å². The van der Waals surface area contributed by atoms with Crippen LogP contribution >= 0.6 is 0 Å². The number of nitrogens with zero attached hydrogens (tertiary/aromatic N) is 9. The van der Waals surface area contributed by atoms with E-state index >= 15 is 0 Å². The number of anilines is 2. The van der Waals surface area contributed by atoms with Crippen LogP contribution in [0.4, 0.5) is 11.6 Å². The molecule has 0 unspecified atom stereocenters. The highest BCUT2D eigenvalue weighted by Gasteiger charge is 2.28. The number of benzene rings is 1. The predicted octanol–water partition coefficient (Wildman–Crippen LogP) is 3.58. The van der Waals surface area contributed by atoms with Gasteiger partial charge in [0.15, 0.2) is 0 Å². The summed E-state index contributed by atoms with van der Waals surface area (Å²) in [7, 11) is 0.739. The van der Waals surface area contributed by atoms with Gasteiger partial charge in [-0.05, 0) is 36.8 Å². The van der Waals surface area contributed by atoms with Crippen molar-refractivity contribution >= 4 is 21.7 Å². The van der Waals surface area contributed by atoms with E-state index in [1.54, 1.807) is 10.9 Å². The Labute approximate surface area is 244 Å². The summed E-state index contributed by atoms with van der Waals surface area (Å²) in [5.74, 6) is 0.495. The van der Waals surface area contributed by atoms with Crippen molar-refractivity contribution in [3.05, 3.63) is 66.5 Å². The fourth-order valence-electron chi connectivity index (χ4n) is 6.01. The highest BCUT2D eigenvalue weighted by molar-refractivity contribution is 7.88. The van der Waals surface area contributed by atoms with Gasteiger partial charge in [-0.3, -0.25) is 14.0 Å². The lowest BCUT2D eigenvalue weighted by atomic mass is 9.91. The Hall–Kier alpha value is -4.36. The maximum absolute atomic E-state index is 11.9. The lowest BCUT2D eigenvalue weighted by Gasteiger charge is -2.30. The molecule has 12 nitrogen and oxygen atoms in total. The van der Waals surface area contributed by atoms with E-state index in [-0.39, 0.29) is 6.04 Å². The normalized spacial score (nSPS) is 15.9. The van der Waals surface area contributed by atoms with Crippen molar-refractivity contribution in [3.63, 3.8) is 0 Å². The molecule has 1 saturated heterocycles. The second-order valence-electron chi connectivity index (χ2n) is 11.1. The molecule has 1 aliphatic heterocycles. The van der Waals surface area contributed by atoms with Crippen LogP contribution in [0.25, 0.3) is 33.6 Å². The van der Waals surface area contributed by atoms with E-state index in [0.29, 0.717) is 19.0 Å². The first-order valence-electron chi connectivity index (χ1n) is 14.0. The molecule has 7 rings (SSSR count). The van der Waals surface area contributed by atoms with Crippen LogP contribution in [-0.2, 0) is 37.0 Å².